The molecule has 0 spiro atoms. The van der Waals surface area contributed by atoms with Crippen molar-refractivity contribution >= 4 is 47.2 Å². The van der Waals surface area contributed by atoms with Crippen LogP contribution in [0.2, 0.25) is 5.02 Å². The van der Waals surface area contributed by atoms with E-state index in [1.807, 2.05) is 30.3 Å². The van der Waals surface area contributed by atoms with Crippen LogP contribution in [0.4, 0.5) is 5.69 Å². The molecule has 0 aromatic heterocycles. The Hall–Kier alpha value is -1.27. The van der Waals surface area contributed by atoms with Gasteiger partial charge in [-0.1, -0.05) is 29.8 Å². The molecule has 5 heteroatoms. The van der Waals surface area contributed by atoms with E-state index in [9.17, 15) is 0 Å². The standard InChI is InChI=1S/C17H20ClN3.HI/c1-12-6-7-16(10-13(12)2)21-17(19)20-9-8-14-4-3-5-15(18)11-14;/h3-7,10-11H,8-9H2,1-2H3,(H3,19,20,21);1H. The van der Waals surface area contributed by atoms with Crippen LogP contribution in [-0.2, 0) is 6.42 Å². The van der Waals surface area contributed by atoms with Crippen molar-refractivity contribution in [1.29, 1.82) is 0 Å². The maximum Gasteiger partial charge on any atom is 0.193 e. The summed E-state index contributed by atoms with van der Waals surface area (Å²) in [6.45, 7) is 4.79. The number of anilines is 1. The predicted octanol–water partition coefficient (Wildman–Crippen LogP) is 4.54. The third-order valence-corrected chi connectivity index (χ3v) is 3.59. The molecule has 3 nitrogen and oxygen atoms in total. The minimum Gasteiger partial charge on any atom is -0.370 e. The molecule has 2 aromatic carbocycles. The Kier molecular flexibility index (Phi) is 7.68. The number of halogens is 2. The number of rotatable bonds is 4. The first-order valence-corrected chi connectivity index (χ1v) is 7.31. The van der Waals surface area contributed by atoms with Crippen LogP contribution in [0.25, 0.3) is 0 Å². The molecular weight excluding hydrogens is 409 g/mol. The Morgan fingerprint density at radius 3 is 2.59 bits per heavy atom. The number of benzene rings is 2. The fourth-order valence-corrected chi connectivity index (χ4v) is 2.22. The molecule has 3 N–H and O–H groups in total. The molecule has 0 fully saturated rings. The summed E-state index contributed by atoms with van der Waals surface area (Å²) >= 11 is 5.95. The van der Waals surface area contributed by atoms with E-state index in [1.54, 1.807) is 0 Å². The molecule has 0 radical (unpaired) electrons. The first-order chi connectivity index (χ1) is 10.0. The van der Waals surface area contributed by atoms with E-state index in [0.717, 1.165) is 22.7 Å². The second kappa shape index (κ2) is 9.00. The van der Waals surface area contributed by atoms with Gasteiger partial charge < -0.3 is 11.1 Å². The first-order valence-electron chi connectivity index (χ1n) is 6.93. The van der Waals surface area contributed by atoms with Crippen molar-refractivity contribution in [2.75, 3.05) is 11.9 Å². The lowest BCUT2D eigenvalue weighted by Gasteiger charge is -2.08. The minimum atomic E-state index is 0. The van der Waals surface area contributed by atoms with Gasteiger partial charge in [0.15, 0.2) is 5.96 Å². The molecule has 0 aliphatic heterocycles. The number of nitrogens with two attached hydrogens (primary N) is 1. The fourth-order valence-electron chi connectivity index (χ4n) is 2.00. The summed E-state index contributed by atoms with van der Waals surface area (Å²) in [6.07, 6.45) is 0.815. The van der Waals surface area contributed by atoms with Gasteiger partial charge in [-0.15, -0.1) is 24.0 Å². The lowest BCUT2D eigenvalue weighted by molar-refractivity contribution is 0.965. The fraction of sp³-hybridized carbons (Fsp3) is 0.235. The molecule has 0 saturated carbocycles. The number of guanidine groups is 1. The minimum absolute atomic E-state index is 0. The first kappa shape index (κ1) is 18.8. The van der Waals surface area contributed by atoms with Crippen molar-refractivity contribution in [3.8, 4) is 0 Å². The summed E-state index contributed by atoms with van der Waals surface area (Å²) in [5.41, 5.74) is 10.5. The van der Waals surface area contributed by atoms with E-state index in [-0.39, 0.29) is 24.0 Å². The highest BCUT2D eigenvalue weighted by Crippen LogP contribution is 2.14. The van der Waals surface area contributed by atoms with Crippen molar-refractivity contribution in [3.63, 3.8) is 0 Å². The Morgan fingerprint density at radius 1 is 1.14 bits per heavy atom. The topological polar surface area (TPSA) is 50.4 Å². The summed E-state index contributed by atoms with van der Waals surface area (Å²) in [5.74, 6) is 0.431. The Bertz CT molecular complexity index is 656. The molecule has 0 bridgehead atoms. The van der Waals surface area contributed by atoms with Crippen LogP contribution in [0, 0.1) is 13.8 Å². The maximum atomic E-state index is 5.95. The van der Waals surface area contributed by atoms with Gasteiger partial charge in [0.2, 0.25) is 0 Å². The molecule has 0 aliphatic rings. The third kappa shape index (κ3) is 5.85. The van der Waals surface area contributed by atoms with E-state index in [4.69, 9.17) is 17.3 Å². The van der Waals surface area contributed by atoms with Crippen LogP contribution in [0.5, 0.6) is 0 Å². The number of nitrogens with zero attached hydrogens (tertiary/aromatic N) is 1. The summed E-state index contributed by atoms with van der Waals surface area (Å²) in [7, 11) is 0. The Morgan fingerprint density at radius 2 is 1.91 bits per heavy atom. The van der Waals surface area contributed by atoms with Gasteiger partial charge in [0, 0.05) is 17.3 Å². The maximum absolute atomic E-state index is 5.95. The van der Waals surface area contributed by atoms with Gasteiger partial charge in [0.1, 0.15) is 0 Å². The highest BCUT2D eigenvalue weighted by Gasteiger charge is 1.98. The van der Waals surface area contributed by atoms with Gasteiger partial charge in [-0.3, -0.25) is 4.99 Å². The monoisotopic (exact) mass is 429 g/mol. The molecule has 0 atom stereocenters. The zero-order valence-electron chi connectivity index (χ0n) is 12.8. The highest BCUT2D eigenvalue weighted by atomic mass is 127. The van der Waals surface area contributed by atoms with Gasteiger partial charge in [-0.25, -0.2) is 0 Å². The lowest BCUT2D eigenvalue weighted by Crippen LogP contribution is -2.23. The number of aliphatic imine (C=N–C) groups is 1. The summed E-state index contributed by atoms with van der Waals surface area (Å²) in [5, 5.41) is 3.86. The number of nitrogens with one attached hydrogen (secondary N) is 1. The SMILES string of the molecule is Cc1ccc(NC(N)=NCCc2cccc(Cl)c2)cc1C.I. The molecule has 0 unspecified atom stereocenters. The number of aryl methyl sites for hydroxylation is 2. The van der Waals surface area contributed by atoms with Crippen LogP contribution in [0.3, 0.4) is 0 Å². The van der Waals surface area contributed by atoms with Crippen molar-refractivity contribution in [2.45, 2.75) is 20.3 Å². The molecule has 0 amide bonds. The average molecular weight is 430 g/mol. The molecule has 2 rings (SSSR count). The number of hydrogen-bond acceptors (Lipinski definition) is 1. The smallest absolute Gasteiger partial charge is 0.193 e. The third-order valence-electron chi connectivity index (χ3n) is 3.35. The molecule has 118 valence electrons. The summed E-state index contributed by atoms with van der Waals surface area (Å²) in [4.78, 5) is 4.34. The predicted molar refractivity (Wildman–Crippen MR) is 107 cm³/mol. The van der Waals surface area contributed by atoms with Crippen LogP contribution in [0.1, 0.15) is 16.7 Å². The van der Waals surface area contributed by atoms with Gasteiger partial charge >= 0.3 is 0 Å². The van der Waals surface area contributed by atoms with E-state index in [1.165, 1.54) is 11.1 Å². The Labute approximate surface area is 154 Å². The summed E-state index contributed by atoms with van der Waals surface area (Å²) < 4.78 is 0. The van der Waals surface area contributed by atoms with E-state index in [2.05, 4.69) is 36.3 Å². The molecule has 0 saturated heterocycles. The van der Waals surface area contributed by atoms with Crippen LogP contribution in [-0.4, -0.2) is 12.5 Å². The second-order valence-electron chi connectivity index (χ2n) is 5.07. The molecule has 0 heterocycles. The Balaban J connectivity index is 0.00000242. The quantitative estimate of drug-likeness (QED) is 0.426. The highest BCUT2D eigenvalue weighted by molar-refractivity contribution is 14.0. The second-order valence-corrected chi connectivity index (χ2v) is 5.51. The van der Waals surface area contributed by atoms with Crippen molar-refractivity contribution in [2.24, 2.45) is 10.7 Å². The van der Waals surface area contributed by atoms with Crippen LogP contribution < -0.4 is 11.1 Å². The van der Waals surface area contributed by atoms with Crippen molar-refractivity contribution in [1.82, 2.24) is 0 Å². The van der Waals surface area contributed by atoms with E-state index in [0.29, 0.717) is 12.5 Å². The number of hydrogen-bond donors (Lipinski definition) is 2. The van der Waals surface area contributed by atoms with E-state index < -0.39 is 0 Å². The van der Waals surface area contributed by atoms with Gasteiger partial charge in [-0.05, 0) is 61.2 Å². The van der Waals surface area contributed by atoms with E-state index >= 15 is 0 Å². The molecular formula is C17H21ClIN3. The molecule has 22 heavy (non-hydrogen) atoms. The zero-order chi connectivity index (χ0) is 15.2. The van der Waals surface area contributed by atoms with Crippen LogP contribution in [0.15, 0.2) is 47.5 Å². The van der Waals surface area contributed by atoms with Gasteiger partial charge in [0.25, 0.3) is 0 Å². The normalized spacial score (nSPS) is 11.0. The summed E-state index contributed by atoms with van der Waals surface area (Å²) in [6, 6.07) is 13.9. The largest absolute Gasteiger partial charge is 0.370 e. The molecule has 0 aliphatic carbocycles. The van der Waals surface area contributed by atoms with Gasteiger partial charge in [0.05, 0.1) is 0 Å². The molecule has 2 aromatic rings. The lowest BCUT2D eigenvalue weighted by atomic mass is 10.1. The van der Waals surface area contributed by atoms with Gasteiger partial charge in [-0.2, -0.15) is 0 Å². The van der Waals surface area contributed by atoms with Crippen LogP contribution >= 0.6 is 35.6 Å². The van der Waals surface area contributed by atoms with Crippen molar-refractivity contribution in [3.05, 3.63) is 64.2 Å². The zero-order valence-corrected chi connectivity index (χ0v) is 15.9. The van der Waals surface area contributed by atoms with Crippen molar-refractivity contribution < 1.29 is 0 Å². The average Bonchev–Trinajstić information content (AvgIpc) is 2.43.